The number of aliphatic hydroxyl groups is 1. The van der Waals surface area contributed by atoms with E-state index >= 15 is 0 Å². The smallest absolute Gasteiger partial charge is 0.251 e. The van der Waals surface area contributed by atoms with Crippen molar-refractivity contribution in [1.29, 1.82) is 0 Å². The SMILES string of the molecule is CC(C)CCCc1ccc(C#Cc2ccc(C(=O)N[C@@H](CN)C(=O)CO)cc2)cc1. The molecule has 1 atom stereocenters. The van der Waals surface area contributed by atoms with E-state index in [2.05, 4.69) is 43.1 Å². The Morgan fingerprint density at radius 3 is 2.07 bits per heavy atom. The van der Waals surface area contributed by atoms with Gasteiger partial charge in [-0.05, 0) is 60.7 Å². The van der Waals surface area contributed by atoms with E-state index in [4.69, 9.17) is 10.8 Å². The second-order valence-corrected chi connectivity index (χ2v) is 7.70. The first-order valence-electron chi connectivity index (χ1n) is 10.3. The second-order valence-electron chi connectivity index (χ2n) is 7.70. The van der Waals surface area contributed by atoms with Crippen LogP contribution in [0.1, 0.15) is 53.7 Å². The predicted octanol–water partition coefficient (Wildman–Crippen LogP) is 2.68. The second kappa shape index (κ2) is 11.9. The third kappa shape index (κ3) is 7.47. The lowest BCUT2D eigenvalue weighted by Crippen LogP contribution is -2.46. The number of hydrogen-bond acceptors (Lipinski definition) is 4. The molecule has 0 aromatic heterocycles. The van der Waals surface area contributed by atoms with E-state index in [-0.39, 0.29) is 6.54 Å². The number of carbonyl (C=O) groups is 2. The highest BCUT2D eigenvalue weighted by Crippen LogP contribution is 2.11. The molecular weight excluding hydrogens is 376 g/mol. The fourth-order valence-corrected chi connectivity index (χ4v) is 2.94. The first kappa shape index (κ1) is 23.3. The molecule has 2 aromatic carbocycles. The first-order valence-corrected chi connectivity index (χ1v) is 10.3. The molecule has 5 heteroatoms. The maximum atomic E-state index is 12.2. The molecule has 0 heterocycles. The lowest BCUT2D eigenvalue weighted by molar-refractivity contribution is -0.123. The average molecular weight is 407 g/mol. The number of aryl methyl sites for hydroxylation is 1. The van der Waals surface area contributed by atoms with Gasteiger partial charge in [-0.25, -0.2) is 0 Å². The molecule has 0 saturated carbocycles. The van der Waals surface area contributed by atoms with Gasteiger partial charge in [0.1, 0.15) is 12.6 Å². The molecule has 30 heavy (non-hydrogen) atoms. The van der Waals surface area contributed by atoms with Gasteiger partial charge < -0.3 is 16.2 Å². The first-order chi connectivity index (χ1) is 14.4. The topological polar surface area (TPSA) is 92.4 Å². The molecule has 5 nitrogen and oxygen atoms in total. The zero-order valence-electron chi connectivity index (χ0n) is 17.7. The number of amides is 1. The van der Waals surface area contributed by atoms with Crippen LogP contribution in [0.15, 0.2) is 48.5 Å². The third-order valence-corrected chi connectivity index (χ3v) is 4.78. The summed E-state index contributed by atoms with van der Waals surface area (Å²) in [6.07, 6.45) is 3.52. The van der Waals surface area contributed by atoms with Crippen LogP contribution in [0.25, 0.3) is 0 Å². The summed E-state index contributed by atoms with van der Waals surface area (Å²) in [5.41, 5.74) is 8.93. The maximum absolute atomic E-state index is 12.2. The molecule has 0 unspecified atom stereocenters. The maximum Gasteiger partial charge on any atom is 0.251 e. The molecule has 0 bridgehead atoms. The molecule has 1 amide bonds. The van der Waals surface area contributed by atoms with Crippen molar-refractivity contribution in [2.24, 2.45) is 11.7 Å². The summed E-state index contributed by atoms with van der Waals surface area (Å²) >= 11 is 0. The Hall–Kier alpha value is -2.94. The van der Waals surface area contributed by atoms with Gasteiger partial charge in [0.25, 0.3) is 5.91 Å². The van der Waals surface area contributed by atoms with Gasteiger partial charge in [-0.3, -0.25) is 9.59 Å². The van der Waals surface area contributed by atoms with Gasteiger partial charge in [0.2, 0.25) is 0 Å². The summed E-state index contributed by atoms with van der Waals surface area (Å²) < 4.78 is 0. The molecule has 0 radical (unpaired) electrons. The summed E-state index contributed by atoms with van der Waals surface area (Å²) in [4.78, 5) is 23.8. The number of carbonyl (C=O) groups excluding carboxylic acids is 2. The highest BCUT2D eigenvalue weighted by Gasteiger charge is 2.18. The van der Waals surface area contributed by atoms with E-state index in [9.17, 15) is 9.59 Å². The largest absolute Gasteiger partial charge is 0.388 e. The van der Waals surface area contributed by atoms with Gasteiger partial charge in [-0.15, -0.1) is 0 Å². The van der Waals surface area contributed by atoms with Crippen molar-refractivity contribution in [2.75, 3.05) is 13.2 Å². The summed E-state index contributed by atoms with van der Waals surface area (Å²) in [5, 5.41) is 11.4. The molecule has 2 rings (SSSR count). The number of nitrogens with one attached hydrogen (secondary N) is 1. The summed E-state index contributed by atoms with van der Waals surface area (Å²) in [5.74, 6) is 6.03. The van der Waals surface area contributed by atoms with E-state index in [1.54, 1.807) is 24.3 Å². The molecule has 0 fully saturated rings. The van der Waals surface area contributed by atoms with Crippen molar-refractivity contribution in [3.05, 3.63) is 70.8 Å². The number of hydrogen-bond donors (Lipinski definition) is 3. The summed E-state index contributed by atoms with van der Waals surface area (Å²) in [6, 6.07) is 14.2. The van der Waals surface area contributed by atoms with Crippen molar-refractivity contribution in [2.45, 2.75) is 39.2 Å². The van der Waals surface area contributed by atoms with E-state index in [0.717, 1.165) is 23.5 Å². The molecule has 0 saturated heterocycles. The molecule has 2 aromatic rings. The molecule has 0 aliphatic rings. The van der Waals surface area contributed by atoms with Gasteiger partial charge >= 0.3 is 0 Å². The minimum absolute atomic E-state index is 0.0643. The number of rotatable bonds is 9. The van der Waals surface area contributed by atoms with Crippen molar-refractivity contribution >= 4 is 11.7 Å². The molecule has 0 spiro atoms. The van der Waals surface area contributed by atoms with Gasteiger partial charge in [0.15, 0.2) is 5.78 Å². The highest BCUT2D eigenvalue weighted by atomic mass is 16.3. The zero-order chi connectivity index (χ0) is 21.9. The normalized spacial score (nSPS) is 11.5. The van der Waals surface area contributed by atoms with E-state index in [1.165, 1.54) is 18.4 Å². The lowest BCUT2D eigenvalue weighted by atomic mass is 10.0. The van der Waals surface area contributed by atoms with Gasteiger partial charge in [-0.1, -0.05) is 44.2 Å². The van der Waals surface area contributed by atoms with Crippen LogP contribution in [-0.2, 0) is 11.2 Å². The molecule has 158 valence electrons. The van der Waals surface area contributed by atoms with Gasteiger partial charge in [0.05, 0.1) is 0 Å². The van der Waals surface area contributed by atoms with Crippen LogP contribution in [0.5, 0.6) is 0 Å². The highest BCUT2D eigenvalue weighted by molar-refractivity contribution is 5.98. The Morgan fingerprint density at radius 2 is 1.57 bits per heavy atom. The van der Waals surface area contributed by atoms with Crippen LogP contribution in [0.2, 0.25) is 0 Å². The molecule has 0 aliphatic heterocycles. The van der Waals surface area contributed by atoms with Crippen molar-refractivity contribution in [3.8, 4) is 11.8 Å². The summed E-state index contributed by atoms with van der Waals surface area (Å²) in [7, 11) is 0. The van der Waals surface area contributed by atoms with Gasteiger partial charge in [-0.2, -0.15) is 0 Å². The van der Waals surface area contributed by atoms with Crippen LogP contribution in [-0.4, -0.2) is 36.0 Å². The summed E-state index contributed by atoms with van der Waals surface area (Å²) in [6.45, 7) is 3.76. The Morgan fingerprint density at radius 1 is 1.00 bits per heavy atom. The van der Waals surface area contributed by atoms with Crippen molar-refractivity contribution < 1.29 is 14.7 Å². The molecule has 4 N–H and O–H groups in total. The predicted molar refractivity (Wildman–Crippen MR) is 119 cm³/mol. The Balaban J connectivity index is 1.95. The van der Waals surface area contributed by atoms with Crippen molar-refractivity contribution in [3.63, 3.8) is 0 Å². The minimum Gasteiger partial charge on any atom is -0.388 e. The molecule has 0 aliphatic carbocycles. The number of ketones is 1. The monoisotopic (exact) mass is 406 g/mol. The average Bonchev–Trinajstić information content (AvgIpc) is 2.76. The number of nitrogens with two attached hydrogens (primary N) is 1. The van der Waals surface area contributed by atoms with E-state index in [0.29, 0.717) is 5.56 Å². The van der Waals surface area contributed by atoms with Crippen LogP contribution in [0.4, 0.5) is 0 Å². The van der Waals surface area contributed by atoms with E-state index < -0.39 is 24.3 Å². The Labute approximate surface area is 178 Å². The lowest BCUT2D eigenvalue weighted by Gasteiger charge is -2.14. The molecular formula is C25H30N2O3. The van der Waals surface area contributed by atoms with Crippen LogP contribution in [0.3, 0.4) is 0 Å². The van der Waals surface area contributed by atoms with Crippen molar-refractivity contribution in [1.82, 2.24) is 5.32 Å². The fraction of sp³-hybridized carbons (Fsp3) is 0.360. The fourth-order valence-electron chi connectivity index (χ4n) is 2.94. The van der Waals surface area contributed by atoms with Crippen LogP contribution < -0.4 is 11.1 Å². The standard InChI is InChI=1S/C25H30N2O3/c1-18(2)4-3-5-19-6-8-20(9-7-19)10-11-21-12-14-22(15-13-21)25(30)27-23(16-26)24(29)17-28/h6-9,12-15,18,23,28H,3-5,16-17,26H2,1-2H3,(H,27,30)/t23-/m0/s1. The minimum atomic E-state index is -0.893. The Bertz CT molecular complexity index is 891. The zero-order valence-corrected chi connectivity index (χ0v) is 17.7. The number of aliphatic hydroxyl groups excluding tert-OH is 1. The van der Waals surface area contributed by atoms with E-state index in [1.807, 2.05) is 12.1 Å². The number of Topliss-reactive ketones (excluding diaryl/α,β-unsaturated/α-hetero) is 1. The van der Waals surface area contributed by atoms with Crippen LogP contribution >= 0.6 is 0 Å². The number of benzene rings is 2. The van der Waals surface area contributed by atoms with Crippen LogP contribution in [0, 0.1) is 17.8 Å². The van der Waals surface area contributed by atoms with Gasteiger partial charge in [0, 0.05) is 23.2 Å². The third-order valence-electron chi connectivity index (χ3n) is 4.78. The quantitative estimate of drug-likeness (QED) is 0.558. The Kier molecular flexibility index (Phi) is 9.27.